The Kier molecular flexibility index (Phi) is 2.72. The maximum absolute atomic E-state index is 5.71. The Morgan fingerprint density at radius 1 is 1.43 bits per heavy atom. The zero-order valence-corrected chi connectivity index (χ0v) is 9.34. The van der Waals surface area contributed by atoms with Gasteiger partial charge in [-0.2, -0.15) is 0 Å². The fourth-order valence-electron chi connectivity index (χ4n) is 1.40. The topological polar surface area (TPSA) is 50.4 Å². The maximum atomic E-state index is 5.71. The number of benzene rings is 1. The molecule has 0 amide bonds. The molecule has 0 radical (unpaired) electrons. The highest BCUT2D eigenvalue weighted by molar-refractivity contribution is 9.10. The van der Waals surface area contributed by atoms with Crippen LogP contribution in [0.1, 0.15) is 12.0 Å². The molecule has 0 atom stereocenters. The molecule has 0 spiro atoms. The van der Waals surface area contributed by atoms with Gasteiger partial charge in [0.25, 0.3) is 0 Å². The monoisotopic (exact) mass is 253 g/mol. The highest BCUT2D eigenvalue weighted by Gasteiger charge is 2.07. The summed E-state index contributed by atoms with van der Waals surface area (Å²) in [4.78, 5) is 4.41. The molecule has 74 valence electrons. The molecule has 1 aromatic rings. The van der Waals surface area contributed by atoms with Gasteiger partial charge in [0.1, 0.15) is 5.84 Å². The lowest BCUT2D eigenvalue weighted by Gasteiger charge is -2.15. The van der Waals surface area contributed by atoms with Crippen LogP contribution in [-0.4, -0.2) is 18.9 Å². The average molecular weight is 254 g/mol. The molecule has 3 nitrogen and oxygen atoms in total. The van der Waals surface area contributed by atoms with Gasteiger partial charge in [-0.25, -0.2) is 0 Å². The summed E-state index contributed by atoms with van der Waals surface area (Å²) in [7, 11) is 0. The van der Waals surface area contributed by atoms with Crippen molar-refractivity contribution in [2.45, 2.75) is 6.42 Å². The molecule has 0 saturated heterocycles. The number of hydrogen-bond acceptors (Lipinski definition) is 3. The number of nitrogens with one attached hydrogen (secondary N) is 1. The predicted molar refractivity (Wildman–Crippen MR) is 62.6 cm³/mol. The second-order valence-electron chi connectivity index (χ2n) is 3.25. The molecule has 0 fully saturated rings. The van der Waals surface area contributed by atoms with Crippen LogP contribution in [0.4, 0.5) is 5.69 Å². The van der Waals surface area contributed by atoms with E-state index in [1.165, 1.54) is 0 Å². The van der Waals surface area contributed by atoms with Gasteiger partial charge in [0.2, 0.25) is 0 Å². The predicted octanol–water partition coefficient (Wildman–Crippen LogP) is 1.77. The third-order valence-electron chi connectivity index (χ3n) is 2.17. The van der Waals surface area contributed by atoms with E-state index in [1.807, 2.05) is 18.2 Å². The number of anilines is 1. The Balaban J connectivity index is 2.32. The molecular weight excluding hydrogens is 242 g/mol. The quantitative estimate of drug-likeness (QED) is 0.750. The first-order chi connectivity index (χ1) is 6.77. The Bertz CT molecular complexity index is 374. The summed E-state index contributed by atoms with van der Waals surface area (Å²) in [6.45, 7) is 1.91. The van der Waals surface area contributed by atoms with Crippen LogP contribution in [0.5, 0.6) is 0 Å². The van der Waals surface area contributed by atoms with E-state index >= 15 is 0 Å². The lowest BCUT2D eigenvalue weighted by Crippen LogP contribution is -2.30. The number of aliphatic imine (C=N–C) groups is 1. The molecule has 0 saturated carbocycles. The number of hydrogen-bond donors (Lipinski definition) is 2. The minimum absolute atomic E-state index is 0.755. The zero-order valence-electron chi connectivity index (χ0n) is 7.76. The lowest BCUT2D eigenvalue weighted by atomic mass is 10.1. The first kappa shape index (κ1) is 9.52. The molecule has 0 aliphatic carbocycles. The van der Waals surface area contributed by atoms with E-state index in [0.29, 0.717) is 0 Å². The van der Waals surface area contributed by atoms with Crippen molar-refractivity contribution in [2.75, 3.05) is 18.8 Å². The summed E-state index contributed by atoms with van der Waals surface area (Å²) < 4.78 is 0.921. The van der Waals surface area contributed by atoms with Crippen LogP contribution in [0.3, 0.4) is 0 Å². The van der Waals surface area contributed by atoms with E-state index in [4.69, 9.17) is 5.73 Å². The number of nitrogens with two attached hydrogens (primary N) is 1. The highest BCUT2D eigenvalue weighted by atomic mass is 79.9. The van der Waals surface area contributed by atoms with Gasteiger partial charge in [0.05, 0.1) is 0 Å². The van der Waals surface area contributed by atoms with Crippen molar-refractivity contribution >= 4 is 27.5 Å². The number of nitrogen functional groups attached to an aromatic ring is 1. The van der Waals surface area contributed by atoms with E-state index in [-0.39, 0.29) is 0 Å². The van der Waals surface area contributed by atoms with Crippen molar-refractivity contribution in [1.82, 2.24) is 5.32 Å². The Morgan fingerprint density at radius 3 is 2.93 bits per heavy atom. The van der Waals surface area contributed by atoms with Gasteiger partial charge < -0.3 is 11.1 Å². The van der Waals surface area contributed by atoms with E-state index < -0.39 is 0 Å². The minimum atomic E-state index is 0.755. The van der Waals surface area contributed by atoms with Gasteiger partial charge >= 0.3 is 0 Å². The van der Waals surface area contributed by atoms with E-state index in [0.717, 1.165) is 41.1 Å². The molecule has 1 heterocycles. The van der Waals surface area contributed by atoms with Crippen LogP contribution in [0.25, 0.3) is 0 Å². The first-order valence-electron chi connectivity index (χ1n) is 4.61. The number of rotatable bonds is 1. The molecule has 1 aliphatic heterocycles. The first-order valence-corrected chi connectivity index (χ1v) is 5.40. The fraction of sp³-hybridized carbons (Fsp3) is 0.300. The lowest BCUT2D eigenvalue weighted by molar-refractivity contribution is 0.742. The molecule has 0 unspecified atom stereocenters. The second-order valence-corrected chi connectivity index (χ2v) is 4.10. The standard InChI is InChI=1S/C10H12BrN3/c11-8-6-7(2-3-9(8)12)10-13-4-1-5-14-10/h2-3,6H,1,4-5,12H2,(H,13,14). The zero-order chi connectivity index (χ0) is 9.97. The van der Waals surface area contributed by atoms with E-state index in [9.17, 15) is 0 Å². The molecule has 1 aromatic carbocycles. The van der Waals surface area contributed by atoms with E-state index in [1.54, 1.807) is 0 Å². The van der Waals surface area contributed by atoms with Gasteiger partial charge in [-0.15, -0.1) is 0 Å². The fourth-order valence-corrected chi connectivity index (χ4v) is 1.78. The van der Waals surface area contributed by atoms with Gasteiger partial charge in [-0.05, 0) is 40.5 Å². The normalized spacial score (nSPS) is 15.9. The van der Waals surface area contributed by atoms with Crippen molar-refractivity contribution in [3.05, 3.63) is 28.2 Å². The molecule has 1 aliphatic rings. The average Bonchev–Trinajstić information content (AvgIpc) is 2.23. The Morgan fingerprint density at radius 2 is 2.29 bits per heavy atom. The molecule has 14 heavy (non-hydrogen) atoms. The van der Waals surface area contributed by atoms with Crippen molar-refractivity contribution in [1.29, 1.82) is 0 Å². The summed E-state index contributed by atoms with van der Waals surface area (Å²) >= 11 is 3.40. The Hall–Kier alpha value is -1.03. The van der Waals surface area contributed by atoms with Crippen molar-refractivity contribution in [3.63, 3.8) is 0 Å². The minimum Gasteiger partial charge on any atom is -0.398 e. The van der Waals surface area contributed by atoms with E-state index in [2.05, 4.69) is 26.2 Å². The van der Waals surface area contributed by atoms with Gasteiger partial charge in [0.15, 0.2) is 0 Å². The number of nitrogens with zero attached hydrogens (tertiary/aromatic N) is 1. The van der Waals surface area contributed by atoms with Crippen LogP contribution in [0.15, 0.2) is 27.7 Å². The van der Waals surface area contributed by atoms with Crippen molar-refractivity contribution in [3.8, 4) is 0 Å². The smallest absolute Gasteiger partial charge is 0.128 e. The van der Waals surface area contributed by atoms with Crippen molar-refractivity contribution in [2.24, 2.45) is 4.99 Å². The van der Waals surface area contributed by atoms with Crippen LogP contribution < -0.4 is 11.1 Å². The third kappa shape index (κ3) is 1.90. The summed E-state index contributed by atoms with van der Waals surface area (Å²) in [5.41, 5.74) is 7.55. The molecule has 3 N–H and O–H groups in total. The molecule has 4 heteroatoms. The van der Waals surface area contributed by atoms with Crippen LogP contribution in [0.2, 0.25) is 0 Å². The molecular formula is C10H12BrN3. The molecule has 2 rings (SSSR count). The summed E-state index contributed by atoms with van der Waals surface area (Å²) in [6, 6.07) is 5.86. The highest BCUT2D eigenvalue weighted by Crippen LogP contribution is 2.20. The van der Waals surface area contributed by atoms with Crippen LogP contribution in [0, 0.1) is 0 Å². The molecule has 0 bridgehead atoms. The SMILES string of the molecule is Nc1ccc(C2=NCCCN2)cc1Br. The largest absolute Gasteiger partial charge is 0.398 e. The van der Waals surface area contributed by atoms with Crippen LogP contribution >= 0.6 is 15.9 Å². The maximum Gasteiger partial charge on any atom is 0.128 e. The number of halogens is 1. The summed E-state index contributed by atoms with van der Waals surface area (Å²) in [5, 5.41) is 3.27. The third-order valence-corrected chi connectivity index (χ3v) is 2.86. The van der Waals surface area contributed by atoms with Gasteiger partial charge in [-0.1, -0.05) is 0 Å². The summed E-state index contributed by atoms with van der Waals surface area (Å²) in [5.74, 6) is 0.969. The molecule has 0 aromatic heterocycles. The summed E-state index contributed by atoms with van der Waals surface area (Å²) in [6.07, 6.45) is 1.11. The van der Waals surface area contributed by atoms with Crippen LogP contribution in [-0.2, 0) is 0 Å². The Labute approximate surface area is 91.5 Å². The van der Waals surface area contributed by atoms with Crippen molar-refractivity contribution < 1.29 is 0 Å². The van der Waals surface area contributed by atoms with Gasteiger partial charge in [-0.3, -0.25) is 4.99 Å². The second kappa shape index (κ2) is 4.00. The van der Waals surface area contributed by atoms with Gasteiger partial charge in [0, 0.05) is 28.8 Å². The number of amidine groups is 1.